The zero-order chi connectivity index (χ0) is 14.7. The number of nitrogens with zero attached hydrogens (tertiary/aromatic N) is 1. The third-order valence-electron chi connectivity index (χ3n) is 4.64. The molecule has 0 aliphatic carbocycles. The number of rotatable bonds is 5. The highest BCUT2D eigenvalue weighted by atomic mass is 15.2. The maximum absolute atomic E-state index is 3.37. The minimum Gasteiger partial charge on any atom is -0.319 e. The minimum atomic E-state index is 0.573. The number of hydrogen-bond acceptors (Lipinski definition) is 2. The summed E-state index contributed by atoms with van der Waals surface area (Å²) in [4.78, 5) is 2.66. The number of benzene rings is 1. The van der Waals surface area contributed by atoms with Crippen LogP contribution in [0.1, 0.15) is 57.2 Å². The van der Waals surface area contributed by atoms with Crippen LogP contribution in [0.3, 0.4) is 0 Å². The molecule has 0 saturated carbocycles. The Labute approximate surface area is 124 Å². The minimum absolute atomic E-state index is 0.573. The molecule has 0 bridgehead atoms. The first-order valence-electron chi connectivity index (χ1n) is 8.04. The molecule has 2 unspecified atom stereocenters. The maximum atomic E-state index is 3.37. The maximum Gasteiger partial charge on any atom is 0.0391 e. The molecule has 0 aromatic heterocycles. The van der Waals surface area contributed by atoms with Gasteiger partial charge in [0, 0.05) is 12.1 Å². The molecule has 2 heteroatoms. The van der Waals surface area contributed by atoms with Crippen LogP contribution in [0.4, 0.5) is 0 Å². The largest absolute Gasteiger partial charge is 0.319 e. The van der Waals surface area contributed by atoms with Gasteiger partial charge in [-0.25, -0.2) is 0 Å². The smallest absolute Gasteiger partial charge is 0.0391 e. The molecule has 20 heavy (non-hydrogen) atoms. The van der Waals surface area contributed by atoms with Crippen LogP contribution in [0.25, 0.3) is 0 Å². The van der Waals surface area contributed by atoms with Crippen molar-refractivity contribution in [2.75, 3.05) is 20.1 Å². The van der Waals surface area contributed by atoms with Gasteiger partial charge in [0.15, 0.2) is 0 Å². The van der Waals surface area contributed by atoms with E-state index in [1.807, 2.05) is 0 Å². The summed E-state index contributed by atoms with van der Waals surface area (Å²) < 4.78 is 0. The van der Waals surface area contributed by atoms with Crippen molar-refractivity contribution in [3.05, 3.63) is 35.4 Å². The SMILES string of the molecule is CNCC1CCN(C(C)C)C1c1ccc(C(C)C)cc1. The Hall–Kier alpha value is -0.860. The molecular weight excluding hydrogens is 244 g/mol. The second kappa shape index (κ2) is 6.73. The average molecular weight is 274 g/mol. The lowest BCUT2D eigenvalue weighted by Crippen LogP contribution is -2.33. The van der Waals surface area contributed by atoms with Gasteiger partial charge < -0.3 is 5.32 Å². The standard InChI is InChI=1S/C18H30N2/c1-13(2)15-6-8-16(9-7-15)18-17(12-19-5)10-11-20(18)14(3)4/h6-9,13-14,17-19H,10-12H2,1-5H3. The van der Waals surface area contributed by atoms with E-state index < -0.39 is 0 Å². The van der Waals surface area contributed by atoms with Crippen LogP contribution in [0.5, 0.6) is 0 Å². The molecule has 0 spiro atoms. The predicted octanol–water partition coefficient (Wildman–Crippen LogP) is 3.80. The number of likely N-dealkylation sites (tertiary alicyclic amines) is 1. The molecule has 0 radical (unpaired) electrons. The third kappa shape index (κ3) is 3.24. The van der Waals surface area contributed by atoms with Gasteiger partial charge in [0.2, 0.25) is 0 Å². The van der Waals surface area contributed by atoms with E-state index in [4.69, 9.17) is 0 Å². The summed E-state index contributed by atoms with van der Waals surface area (Å²) in [6.45, 7) is 11.5. The Morgan fingerprint density at radius 1 is 1.15 bits per heavy atom. The zero-order valence-electron chi connectivity index (χ0n) is 13.7. The molecule has 2 nitrogen and oxygen atoms in total. The van der Waals surface area contributed by atoms with E-state index in [1.54, 1.807) is 0 Å². The van der Waals surface area contributed by atoms with Crippen molar-refractivity contribution >= 4 is 0 Å². The topological polar surface area (TPSA) is 15.3 Å². The summed E-state index contributed by atoms with van der Waals surface area (Å²) >= 11 is 0. The lowest BCUT2D eigenvalue weighted by atomic mass is 9.91. The molecule has 1 aromatic rings. The summed E-state index contributed by atoms with van der Waals surface area (Å²) in [5.41, 5.74) is 2.92. The Balaban J connectivity index is 2.24. The van der Waals surface area contributed by atoms with E-state index in [2.05, 4.69) is 69.2 Å². The molecule has 0 amide bonds. The van der Waals surface area contributed by atoms with E-state index >= 15 is 0 Å². The Bertz CT molecular complexity index is 408. The Morgan fingerprint density at radius 3 is 2.30 bits per heavy atom. The first kappa shape index (κ1) is 15.5. The van der Waals surface area contributed by atoms with E-state index in [9.17, 15) is 0 Å². The second-order valence-corrected chi connectivity index (χ2v) is 6.70. The highest BCUT2D eigenvalue weighted by molar-refractivity contribution is 5.28. The van der Waals surface area contributed by atoms with E-state index in [0.29, 0.717) is 18.0 Å². The Kier molecular flexibility index (Phi) is 5.22. The molecule has 1 aliphatic heterocycles. The molecule has 2 rings (SSSR count). The van der Waals surface area contributed by atoms with Gasteiger partial charge in [-0.15, -0.1) is 0 Å². The molecule has 1 fully saturated rings. The van der Waals surface area contributed by atoms with Crippen molar-refractivity contribution in [3.8, 4) is 0 Å². The summed E-state index contributed by atoms with van der Waals surface area (Å²) in [6, 6.07) is 10.5. The number of nitrogens with one attached hydrogen (secondary N) is 1. The van der Waals surface area contributed by atoms with Crippen molar-refractivity contribution in [3.63, 3.8) is 0 Å². The quantitative estimate of drug-likeness (QED) is 0.878. The molecule has 1 saturated heterocycles. The van der Waals surface area contributed by atoms with Crippen molar-refractivity contribution in [1.82, 2.24) is 10.2 Å². The van der Waals surface area contributed by atoms with Gasteiger partial charge in [-0.3, -0.25) is 4.90 Å². The van der Waals surface area contributed by atoms with Crippen LogP contribution in [0, 0.1) is 5.92 Å². The highest BCUT2D eigenvalue weighted by Gasteiger charge is 2.35. The normalized spacial score (nSPS) is 23.9. The lowest BCUT2D eigenvalue weighted by molar-refractivity contribution is 0.182. The molecule has 1 aromatic carbocycles. The molecule has 1 heterocycles. The van der Waals surface area contributed by atoms with Gasteiger partial charge in [-0.05, 0) is 63.4 Å². The van der Waals surface area contributed by atoms with Crippen LogP contribution < -0.4 is 5.32 Å². The van der Waals surface area contributed by atoms with Gasteiger partial charge in [0.25, 0.3) is 0 Å². The second-order valence-electron chi connectivity index (χ2n) is 6.70. The van der Waals surface area contributed by atoms with Gasteiger partial charge in [0.1, 0.15) is 0 Å². The molecular formula is C18H30N2. The fourth-order valence-electron chi connectivity index (χ4n) is 3.48. The molecule has 1 N–H and O–H groups in total. The van der Waals surface area contributed by atoms with Crippen molar-refractivity contribution in [1.29, 1.82) is 0 Å². The lowest BCUT2D eigenvalue weighted by Gasteiger charge is -2.32. The van der Waals surface area contributed by atoms with Gasteiger partial charge in [-0.1, -0.05) is 38.1 Å². The van der Waals surface area contributed by atoms with Crippen LogP contribution in [-0.4, -0.2) is 31.1 Å². The van der Waals surface area contributed by atoms with Crippen LogP contribution in [0.15, 0.2) is 24.3 Å². The molecule has 1 aliphatic rings. The summed E-state index contributed by atoms with van der Waals surface area (Å²) in [6.07, 6.45) is 1.30. The predicted molar refractivity (Wildman–Crippen MR) is 87.1 cm³/mol. The highest BCUT2D eigenvalue weighted by Crippen LogP contribution is 2.38. The van der Waals surface area contributed by atoms with Gasteiger partial charge in [0.05, 0.1) is 0 Å². The van der Waals surface area contributed by atoms with E-state index in [0.717, 1.165) is 12.5 Å². The fraction of sp³-hybridized carbons (Fsp3) is 0.667. The average Bonchev–Trinajstić information content (AvgIpc) is 2.83. The summed E-state index contributed by atoms with van der Waals surface area (Å²) in [5.74, 6) is 1.34. The Morgan fingerprint density at radius 2 is 1.80 bits per heavy atom. The van der Waals surface area contributed by atoms with Crippen LogP contribution in [0.2, 0.25) is 0 Å². The summed E-state index contributed by atoms with van der Waals surface area (Å²) in [7, 11) is 2.07. The summed E-state index contributed by atoms with van der Waals surface area (Å²) in [5, 5.41) is 3.37. The first-order chi connectivity index (χ1) is 9.54. The van der Waals surface area contributed by atoms with E-state index in [1.165, 1.54) is 24.1 Å². The molecule has 112 valence electrons. The first-order valence-corrected chi connectivity index (χ1v) is 8.04. The monoisotopic (exact) mass is 274 g/mol. The third-order valence-corrected chi connectivity index (χ3v) is 4.64. The fourth-order valence-corrected chi connectivity index (χ4v) is 3.48. The van der Waals surface area contributed by atoms with E-state index in [-0.39, 0.29) is 0 Å². The van der Waals surface area contributed by atoms with Crippen LogP contribution in [-0.2, 0) is 0 Å². The van der Waals surface area contributed by atoms with Crippen molar-refractivity contribution < 1.29 is 0 Å². The van der Waals surface area contributed by atoms with Crippen molar-refractivity contribution in [2.45, 2.75) is 52.1 Å². The van der Waals surface area contributed by atoms with Crippen LogP contribution >= 0.6 is 0 Å². The van der Waals surface area contributed by atoms with Crippen molar-refractivity contribution in [2.24, 2.45) is 5.92 Å². The zero-order valence-corrected chi connectivity index (χ0v) is 13.7. The number of hydrogen-bond donors (Lipinski definition) is 1. The molecule has 2 atom stereocenters. The van der Waals surface area contributed by atoms with Gasteiger partial charge >= 0.3 is 0 Å². The van der Waals surface area contributed by atoms with Gasteiger partial charge in [-0.2, -0.15) is 0 Å².